The molecule has 8 heteroatoms. The molecule has 0 unspecified atom stereocenters. The number of halogens is 1. The van der Waals surface area contributed by atoms with Gasteiger partial charge in [-0.25, -0.2) is 0 Å². The molecule has 1 aromatic carbocycles. The second-order valence-corrected chi connectivity index (χ2v) is 6.17. The first kappa shape index (κ1) is 16.0. The molecule has 1 aliphatic heterocycles. The molecule has 110 valence electrons. The number of nitrogens with zero attached hydrogens (tertiary/aromatic N) is 1. The number of carbonyl (C=O) groups excluding carboxylic acids is 2. The van der Waals surface area contributed by atoms with Crippen LogP contribution in [-0.4, -0.2) is 38.9 Å². The summed E-state index contributed by atoms with van der Waals surface area (Å²) >= 11 is 12.0. The van der Waals surface area contributed by atoms with Crippen molar-refractivity contribution in [3.63, 3.8) is 0 Å². The van der Waals surface area contributed by atoms with E-state index in [0.29, 0.717) is 10.6 Å². The molecule has 1 aromatic rings. The monoisotopic (exact) mass is 342 g/mol. The molecule has 1 aliphatic rings. The molecule has 1 saturated heterocycles. The molecule has 1 atom stereocenters. The second-order valence-electron chi connectivity index (χ2n) is 4.09. The van der Waals surface area contributed by atoms with Crippen molar-refractivity contribution in [3.8, 4) is 0 Å². The lowest BCUT2D eigenvalue weighted by atomic mass is 10.2. The Morgan fingerprint density at radius 2 is 2.19 bits per heavy atom. The predicted molar refractivity (Wildman–Crippen MR) is 82.3 cm³/mol. The van der Waals surface area contributed by atoms with Crippen LogP contribution in [0.25, 0.3) is 6.08 Å². The summed E-state index contributed by atoms with van der Waals surface area (Å²) in [4.78, 5) is 24.3. The Balaban J connectivity index is 2.34. The number of benzene rings is 1. The largest absolute Gasteiger partial charge is 0.548 e. The Bertz CT molecular complexity index is 647. The van der Waals surface area contributed by atoms with Gasteiger partial charge in [-0.1, -0.05) is 53.8 Å². The number of aliphatic hydroxyl groups excluding tert-OH is 1. The van der Waals surface area contributed by atoms with Gasteiger partial charge in [0.2, 0.25) is 0 Å². The van der Waals surface area contributed by atoms with Gasteiger partial charge in [0, 0.05) is 5.02 Å². The van der Waals surface area contributed by atoms with Crippen LogP contribution in [0.15, 0.2) is 29.2 Å². The minimum absolute atomic E-state index is 0.0570. The average molecular weight is 343 g/mol. The van der Waals surface area contributed by atoms with Crippen LogP contribution in [0.3, 0.4) is 0 Å². The van der Waals surface area contributed by atoms with Crippen molar-refractivity contribution < 1.29 is 19.8 Å². The molecule has 21 heavy (non-hydrogen) atoms. The van der Waals surface area contributed by atoms with Gasteiger partial charge in [-0.3, -0.25) is 9.69 Å². The molecule has 5 nitrogen and oxygen atoms in total. The first-order valence-corrected chi connectivity index (χ1v) is 7.39. The zero-order chi connectivity index (χ0) is 15.6. The number of aliphatic hydroxyl groups is 1. The summed E-state index contributed by atoms with van der Waals surface area (Å²) < 4.78 is 0.0570. The molecular formula is C13H9ClNO4S2-. The number of hydrogen-bond acceptors (Lipinski definition) is 6. The van der Waals surface area contributed by atoms with Crippen LogP contribution in [-0.2, 0) is 9.59 Å². The van der Waals surface area contributed by atoms with Gasteiger partial charge in [-0.05, 0) is 17.7 Å². The zero-order valence-electron chi connectivity index (χ0n) is 10.5. The number of thioether (sulfide) groups is 1. The van der Waals surface area contributed by atoms with Crippen LogP contribution >= 0.6 is 35.6 Å². The van der Waals surface area contributed by atoms with E-state index in [9.17, 15) is 14.7 Å². The average Bonchev–Trinajstić information content (AvgIpc) is 2.70. The third kappa shape index (κ3) is 3.26. The lowest BCUT2D eigenvalue weighted by Gasteiger charge is -2.25. The maximum atomic E-state index is 12.2. The summed E-state index contributed by atoms with van der Waals surface area (Å²) in [6.45, 7) is -0.770. The molecule has 2 rings (SSSR count). The maximum Gasteiger partial charge on any atom is 0.266 e. The third-order valence-electron chi connectivity index (χ3n) is 2.77. The molecule has 0 saturated carbocycles. The normalized spacial score (nSPS) is 18.4. The van der Waals surface area contributed by atoms with Gasteiger partial charge in [0.25, 0.3) is 5.91 Å². The smallest absolute Gasteiger partial charge is 0.266 e. The third-order valence-corrected chi connectivity index (χ3v) is 4.45. The van der Waals surface area contributed by atoms with E-state index in [1.54, 1.807) is 24.3 Å². The van der Waals surface area contributed by atoms with Crippen LogP contribution in [0.1, 0.15) is 5.56 Å². The minimum Gasteiger partial charge on any atom is -0.548 e. The number of aliphatic carboxylic acids is 1. The Kier molecular flexibility index (Phi) is 5.00. The molecule has 1 amide bonds. The fraction of sp³-hybridized carbons (Fsp3) is 0.154. The van der Waals surface area contributed by atoms with Gasteiger partial charge in [0.05, 0.1) is 17.5 Å². The Hall–Kier alpha value is -1.41. The van der Waals surface area contributed by atoms with Crippen molar-refractivity contribution in [2.45, 2.75) is 6.04 Å². The summed E-state index contributed by atoms with van der Waals surface area (Å²) in [7, 11) is 0. The summed E-state index contributed by atoms with van der Waals surface area (Å²) in [5, 5.41) is 20.5. The first-order chi connectivity index (χ1) is 9.95. The van der Waals surface area contributed by atoms with Crippen molar-refractivity contribution in [2.75, 3.05) is 6.61 Å². The molecule has 1 fully saturated rings. The number of carbonyl (C=O) groups is 2. The first-order valence-electron chi connectivity index (χ1n) is 5.79. The van der Waals surface area contributed by atoms with Gasteiger partial charge in [0.15, 0.2) is 0 Å². The van der Waals surface area contributed by atoms with Gasteiger partial charge in [-0.2, -0.15) is 0 Å². The molecular weight excluding hydrogens is 334 g/mol. The summed E-state index contributed by atoms with van der Waals surface area (Å²) in [6.07, 6.45) is 1.53. The number of rotatable bonds is 4. The van der Waals surface area contributed by atoms with Gasteiger partial charge < -0.3 is 15.0 Å². The number of carboxylic acid groups (broad SMARTS) is 1. The van der Waals surface area contributed by atoms with Crippen molar-refractivity contribution in [1.82, 2.24) is 4.90 Å². The molecule has 0 spiro atoms. The van der Waals surface area contributed by atoms with E-state index in [-0.39, 0.29) is 9.23 Å². The fourth-order valence-electron chi connectivity index (χ4n) is 1.74. The number of carboxylic acids is 1. The Morgan fingerprint density at radius 3 is 2.76 bits per heavy atom. The van der Waals surface area contributed by atoms with E-state index in [1.165, 1.54) is 6.08 Å². The zero-order valence-corrected chi connectivity index (χ0v) is 12.9. The molecule has 1 heterocycles. The van der Waals surface area contributed by atoms with Crippen molar-refractivity contribution in [2.24, 2.45) is 0 Å². The number of hydrogen-bond donors (Lipinski definition) is 1. The SMILES string of the molecule is O=C([O-])[C@H](CO)N1C(=O)/C(=C/c2ccccc2Cl)SC1=S. The summed E-state index contributed by atoms with van der Waals surface area (Å²) in [5.41, 5.74) is 0.619. The van der Waals surface area contributed by atoms with Gasteiger partial charge in [-0.15, -0.1) is 0 Å². The highest BCUT2D eigenvalue weighted by atomic mass is 35.5. The lowest BCUT2D eigenvalue weighted by molar-refractivity contribution is -0.311. The standard InChI is InChI=1S/C13H10ClNO4S2/c14-8-4-2-1-3-7(8)5-10-11(17)15(13(20)21-10)9(6-16)12(18)19/h1-5,9,16H,6H2,(H,18,19)/p-1/b10-5-/t9-/m0/s1. The molecule has 0 aromatic heterocycles. The van der Waals surface area contributed by atoms with E-state index >= 15 is 0 Å². The van der Waals surface area contributed by atoms with Crippen LogP contribution in [0.4, 0.5) is 0 Å². The molecule has 0 radical (unpaired) electrons. The van der Waals surface area contributed by atoms with Crippen LogP contribution < -0.4 is 5.11 Å². The van der Waals surface area contributed by atoms with E-state index in [4.69, 9.17) is 28.9 Å². The van der Waals surface area contributed by atoms with E-state index in [2.05, 4.69) is 0 Å². The fourth-order valence-corrected chi connectivity index (χ4v) is 3.28. The Morgan fingerprint density at radius 1 is 1.52 bits per heavy atom. The summed E-state index contributed by atoms with van der Waals surface area (Å²) in [5.74, 6) is -2.15. The quantitative estimate of drug-likeness (QED) is 0.639. The van der Waals surface area contributed by atoms with E-state index < -0.39 is 24.5 Å². The van der Waals surface area contributed by atoms with E-state index in [0.717, 1.165) is 16.7 Å². The van der Waals surface area contributed by atoms with Gasteiger partial charge >= 0.3 is 0 Å². The molecule has 1 N–H and O–H groups in total. The van der Waals surface area contributed by atoms with Crippen LogP contribution in [0, 0.1) is 0 Å². The van der Waals surface area contributed by atoms with Crippen LogP contribution in [0.2, 0.25) is 5.02 Å². The molecule has 0 aliphatic carbocycles. The van der Waals surface area contributed by atoms with Crippen molar-refractivity contribution >= 4 is 57.9 Å². The second kappa shape index (κ2) is 6.57. The van der Waals surface area contributed by atoms with Gasteiger partial charge in [0.1, 0.15) is 10.4 Å². The highest BCUT2D eigenvalue weighted by Crippen LogP contribution is 2.34. The van der Waals surface area contributed by atoms with E-state index in [1.807, 2.05) is 0 Å². The maximum absolute atomic E-state index is 12.2. The Labute approximate surface area is 135 Å². The van der Waals surface area contributed by atoms with Crippen molar-refractivity contribution in [1.29, 1.82) is 0 Å². The number of thiocarbonyl (C=S) groups is 1. The predicted octanol–water partition coefficient (Wildman–Crippen LogP) is 0.652. The minimum atomic E-state index is -1.56. The highest BCUT2D eigenvalue weighted by molar-refractivity contribution is 8.26. The topological polar surface area (TPSA) is 80.7 Å². The lowest BCUT2D eigenvalue weighted by Crippen LogP contribution is -2.51. The summed E-state index contributed by atoms with van der Waals surface area (Å²) in [6, 6.07) is 5.41. The highest BCUT2D eigenvalue weighted by Gasteiger charge is 2.37. The van der Waals surface area contributed by atoms with Crippen LogP contribution in [0.5, 0.6) is 0 Å². The van der Waals surface area contributed by atoms with Crippen molar-refractivity contribution in [3.05, 3.63) is 39.8 Å². The molecule has 0 bridgehead atoms. The number of amides is 1.